The predicted molar refractivity (Wildman–Crippen MR) is 199 cm³/mol. The van der Waals surface area contributed by atoms with Gasteiger partial charge in [0, 0.05) is 32.8 Å². The summed E-state index contributed by atoms with van der Waals surface area (Å²) in [6.07, 6.45) is 0. The van der Waals surface area contributed by atoms with E-state index in [0.29, 0.717) is 5.95 Å². The van der Waals surface area contributed by atoms with Crippen LogP contribution in [0.3, 0.4) is 0 Å². The number of aromatic nitrogens is 4. The van der Waals surface area contributed by atoms with Crippen molar-refractivity contribution in [1.82, 2.24) is 19.1 Å². The van der Waals surface area contributed by atoms with E-state index in [4.69, 9.17) is 14.7 Å². The molecule has 11 rings (SSSR count). The van der Waals surface area contributed by atoms with Crippen LogP contribution in [-0.4, -0.2) is 19.1 Å². The minimum Gasteiger partial charge on any atom is -0.456 e. The van der Waals surface area contributed by atoms with E-state index >= 15 is 0 Å². The molecular weight excluding hydrogens is 601 g/mol. The van der Waals surface area contributed by atoms with Crippen molar-refractivity contribution in [3.63, 3.8) is 0 Å². The zero-order valence-electron chi connectivity index (χ0n) is 26.2. The topological polar surface area (TPSA) is 44.9 Å². The summed E-state index contributed by atoms with van der Waals surface area (Å²) in [5, 5.41) is 5.70. The second-order valence-electron chi connectivity index (χ2n) is 12.6. The molecule has 0 unspecified atom stereocenters. The third-order valence-electron chi connectivity index (χ3n) is 9.94. The van der Waals surface area contributed by atoms with Gasteiger partial charge in [-0.2, -0.15) is 0 Å². The van der Waals surface area contributed by atoms with Gasteiger partial charge in [0.25, 0.3) is 0 Å². The number of rotatable bonds is 3. The normalized spacial score (nSPS) is 12.2. The van der Waals surface area contributed by atoms with Crippen molar-refractivity contribution in [3.05, 3.63) is 158 Å². The average Bonchev–Trinajstić information content (AvgIpc) is 3.68. The molecule has 0 amide bonds. The molecule has 0 aliphatic carbocycles. The Hall–Kier alpha value is -6.72. The zero-order valence-corrected chi connectivity index (χ0v) is 26.2. The highest BCUT2D eigenvalue weighted by atomic mass is 16.5. The van der Waals surface area contributed by atoms with Crippen LogP contribution in [0.2, 0.25) is 0 Å². The first kappa shape index (κ1) is 26.4. The fourth-order valence-corrected chi connectivity index (χ4v) is 7.81. The highest BCUT2D eigenvalue weighted by Crippen LogP contribution is 2.46. The van der Waals surface area contributed by atoms with Crippen molar-refractivity contribution >= 4 is 54.5 Å². The summed E-state index contributed by atoms with van der Waals surface area (Å²) < 4.78 is 10.9. The van der Waals surface area contributed by atoms with Crippen LogP contribution in [0.5, 0.6) is 11.5 Å². The number of ether oxygens (including phenoxy) is 1. The van der Waals surface area contributed by atoms with Crippen molar-refractivity contribution < 1.29 is 4.74 Å². The summed E-state index contributed by atoms with van der Waals surface area (Å²) in [6.45, 7) is 0. The van der Waals surface area contributed by atoms with E-state index in [0.717, 1.165) is 55.8 Å². The Labute approximate surface area is 280 Å². The number of nitrogens with zero attached hydrogens (tertiary/aromatic N) is 4. The van der Waals surface area contributed by atoms with E-state index < -0.39 is 0 Å². The summed E-state index contributed by atoms with van der Waals surface area (Å²) in [4.78, 5) is 10.5. The first-order valence-electron chi connectivity index (χ1n) is 16.5. The van der Waals surface area contributed by atoms with Crippen molar-refractivity contribution in [3.8, 4) is 45.5 Å². The van der Waals surface area contributed by atoms with Gasteiger partial charge >= 0.3 is 0 Å². The molecule has 10 aromatic rings. The Kier molecular flexibility index (Phi) is 5.32. The lowest BCUT2D eigenvalue weighted by molar-refractivity contribution is 0.486. The maximum absolute atomic E-state index is 6.30. The van der Waals surface area contributed by atoms with E-state index in [1.165, 1.54) is 38.3 Å². The van der Waals surface area contributed by atoms with Gasteiger partial charge in [0.1, 0.15) is 11.5 Å². The van der Waals surface area contributed by atoms with Gasteiger partial charge in [-0.15, -0.1) is 0 Å². The Bertz CT molecular complexity index is 2960. The van der Waals surface area contributed by atoms with Crippen molar-refractivity contribution in [2.75, 3.05) is 0 Å². The molecule has 1 aliphatic heterocycles. The van der Waals surface area contributed by atoms with Gasteiger partial charge in [0.2, 0.25) is 5.95 Å². The summed E-state index contributed by atoms with van der Waals surface area (Å²) >= 11 is 0. The Balaban J connectivity index is 1.23. The van der Waals surface area contributed by atoms with Crippen LogP contribution in [0.15, 0.2) is 158 Å². The molecule has 0 atom stereocenters. The Morgan fingerprint density at radius 3 is 1.98 bits per heavy atom. The second kappa shape index (κ2) is 9.89. The largest absolute Gasteiger partial charge is 0.456 e. The van der Waals surface area contributed by atoms with Crippen molar-refractivity contribution in [1.29, 1.82) is 0 Å². The molecule has 0 saturated heterocycles. The minimum absolute atomic E-state index is 0.636. The summed E-state index contributed by atoms with van der Waals surface area (Å²) in [7, 11) is 0. The van der Waals surface area contributed by atoms with Crippen molar-refractivity contribution in [2.24, 2.45) is 0 Å². The first-order valence-corrected chi connectivity index (χ1v) is 16.5. The third-order valence-corrected chi connectivity index (χ3v) is 9.94. The molecule has 4 heterocycles. The minimum atomic E-state index is 0.636. The monoisotopic (exact) mass is 626 g/mol. The van der Waals surface area contributed by atoms with Gasteiger partial charge in [0.05, 0.1) is 38.7 Å². The lowest BCUT2D eigenvalue weighted by Gasteiger charge is -2.20. The van der Waals surface area contributed by atoms with Gasteiger partial charge in [-0.25, -0.2) is 9.97 Å². The molecule has 0 saturated carbocycles. The average molecular weight is 627 g/mol. The van der Waals surface area contributed by atoms with Gasteiger partial charge in [-0.1, -0.05) is 103 Å². The smallest absolute Gasteiger partial charge is 0.235 e. The van der Waals surface area contributed by atoms with Crippen molar-refractivity contribution in [2.45, 2.75) is 0 Å². The predicted octanol–water partition coefficient (Wildman–Crippen LogP) is 11.3. The van der Waals surface area contributed by atoms with E-state index in [9.17, 15) is 0 Å². The molecule has 0 radical (unpaired) electrons. The highest BCUT2D eigenvalue weighted by Gasteiger charge is 2.26. The maximum atomic E-state index is 6.30. The van der Waals surface area contributed by atoms with Crippen LogP contribution in [0, 0.1) is 0 Å². The number of hydrogen-bond acceptors (Lipinski definition) is 3. The van der Waals surface area contributed by atoms with Gasteiger partial charge < -0.3 is 9.30 Å². The van der Waals surface area contributed by atoms with Crippen LogP contribution < -0.4 is 4.74 Å². The Morgan fingerprint density at radius 1 is 0.429 bits per heavy atom. The van der Waals surface area contributed by atoms with Gasteiger partial charge in [0.15, 0.2) is 0 Å². The van der Waals surface area contributed by atoms with Gasteiger partial charge in [-0.3, -0.25) is 4.57 Å². The molecule has 0 spiro atoms. The Morgan fingerprint density at radius 2 is 1.12 bits per heavy atom. The van der Waals surface area contributed by atoms with Crippen LogP contribution in [0.1, 0.15) is 0 Å². The second-order valence-corrected chi connectivity index (χ2v) is 12.6. The molecule has 228 valence electrons. The highest BCUT2D eigenvalue weighted by molar-refractivity contribution is 6.26. The lowest BCUT2D eigenvalue weighted by atomic mass is 10.0. The summed E-state index contributed by atoms with van der Waals surface area (Å²) in [5.41, 5.74) is 10.7. The molecule has 5 nitrogen and oxygen atoms in total. The number of para-hydroxylation sites is 3. The first-order chi connectivity index (χ1) is 24.3. The standard InChI is InChI=1S/C44H26N4O/c1-2-11-27(12-3-1)28-21-23-29(24-22-28)47-35-17-7-4-13-30(35)31-25-26-37-40(43(31)47)32-14-5-8-18-36(32)48(37)44-45-34-16-10-20-39-41(34)42(46-44)33-15-6-9-19-38(33)49-39/h1-26H. The van der Waals surface area contributed by atoms with E-state index in [-0.39, 0.29) is 0 Å². The van der Waals surface area contributed by atoms with E-state index in [1.807, 2.05) is 36.4 Å². The molecule has 5 heteroatoms. The fraction of sp³-hybridized carbons (Fsp3) is 0. The van der Waals surface area contributed by atoms with E-state index in [1.54, 1.807) is 0 Å². The lowest BCUT2D eigenvalue weighted by Crippen LogP contribution is -2.06. The molecule has 3 aromatic heterocycles. The number of fused-ring (bicyclic) bond motifs is 9. The SMILES string of the molecule is c1ccc(-c2ccc(-n3c4ccccc4c4ccc5c(c6ccccc6n5-c5nc6c7c(cccc7n5)Oc5ccccc5-6)c43)cc2)cc1. The molecule has 0 bridgehead atoms. The van der Waals surface area contributed by atoms with Crippen LogP contribution in [0.25, 0.3) is 88.5 Å². The molecule has 49 heavy (non-hydrogen) atoms. The van der Waals surface area contributed by atoms with Gasteiger partial charge in [-0.05, 0) is 65.7 Å². The molecule has 0 N–H and O–H groups in total. The summed E-state index contributed by atoms with van der Waals surface area (Å²) in [5.74, 6) is 2.22. The maximum Gasteiger partial charge on any atom is 0.235 e. The van der Waals surface area contributed by atoms with E-state index in [2.05, 4.69) is 130 Å². The quantitative estimate of drug-likeness (QED) is 0.196. The molecule has 0 fully saturated rings. The van der Waals surface area contributed by atoms with Crippen LogP contribution >= 0.6 is 0 Å². The molecule has 7 aromatic carbocycles. The molecular formula is C44H26N4O. The third kappa shape index (κ3) is 3.70. The molecule has 1 aliphatic rings. The fourth-order valence-electron chi connectivity index (χ4n) is 7.81. The summed E-state index contributed by atoms with van der Waals surface area (Å²) in [6, 6.07) is 55.4. The van der Waals surface area contributed by atoms with Crippen LogP contribution in [0.4, 0.5) is 0 Å². The number of hydrogen-bond donors (Lipinski definition) is 0. The zero-order chi connectivity index (χ0) is 32.1. The van der Waals surface area contributed by atoms with Crippen LogP contribution in [-0.2, 0) is 0 Å². The number of benzene rings is 7.